The molecule has 0 atom stereocenters. The van der Waals surface area contributed by atoms with Crippen molar-refractivity contribution in [3.63, 3.8) is 0 Å². The summed E-state index contributed by atoms with van der Waals surface area (Å²) in [7, 11) is 0. The molecule has 3 aromatic rings. The Bertz CT molecular complexity index is 777. The second-order valence-electron chi connectivity index (χ2n) is 4.50. The van der Waals surface area contributed by atoms with E-state index < -0.39 is 0 Å². The molecule has 0 fully saturated rings. The second-order valence-corrected chi connectivity index (χ2v) is 5.83. The predicted molar refractivity (Wildman–Crippen MR) is 82.8 cm³/mol. The van der Waals surface area contributed by atoms with Crippen LogP contribution in [0.3, 0.4) is 0 Å². The molecule has 2 heterocycles. The van der Waals surface area contributed by atoms with Crippen LogP contribution in [-0.2, 0) is 0 Å². The Labute approximate surface area is 125 Å². The Balaban J connectivity index is 2.12. The minimum Gasteiger partial charge on any atom is -0.438 e. The molecule has 20 heavy (non-hydrogen) atoms. The molecule has 102 valence electrons. The SMILES string of the molecule is Cc1cc(Cl)cc(C)c1Oc1nc(N)nc2sccc12. The van der Waals surface area contributed by atoms with Crippen LogP contribution in [0.5, 0.6) is 11.6 Å². The largest absolute Gasteiger partial charge is 0.438 e. The first-order chi connectivity index (χ1) is 9.54. The van der Waals surface area contributed by atoms with E-state index in [1.807, 2.05) is 37.4 Å². The zero-order valence-corrected chi connectivity index (χ0v) is 12.5. The number of benzene rings is 1. The van der Waals surface area contributed by atoms with Crippen molar-refractivity contribution < 1.29 is 4.74 Å². The molecule has 1 aromatic carbocycles. The van der Waals surface area contributed by atoms with E-state index in [4.69, 9.17) is 22.1 Å². The van der Waals surface area contributed by atoms with E-state index in [0.717, 1.165) is 27.1 Å². The smallest absolute Gasteiger partial charge is 0.232 e. The van der Waals surface area contributed by atoms with E-state index in [1.165, 1.54) is 11.3 Å². The third-order valence-corrected chi connectivity index (χ3v) is 3.96. The van der Waals surface area contributed by atoms with Gasteiger partial charge in [0.05, 0.1) is 5.39 Å². The molecule has 0 radical (unpaired) electrons. The van der Waals surface area contributed by atoms with Gasteiger partial charge in [-0.15, -0.1) is 11.3 Å². The van der Waals surface area contributed by atoms with Crippen molar-refractivity contribution in [2.24, 2.45) is 0 Å². The summed E-state index contributed by atoms with van der Waals surface area (Å²) in [5.74, 6) is 1.43. The van der Waals surface area contributed by atoms with Crippen molar-refractivity contribution in [2.75, 3.05) is 5.73 Å². The van der Waals surface area contributed by atoms with Crippen LogP contribution < -0.4 is 10.5 Å². The number of nitrogens with two attached hydrogens (primary N) is 1. The molecule has 3 rings (SSSR count). The van der Waals surface area contributed by atoms with Gasteiger partial charge in [0.15, 0.2) is 0 Å². The molecule has 4 nitrogen and oxygen atoms in total. The quantitative estimate of drug-likeness (QED) is 0.765. The molecule has 0 unspecified atom stereocenters. The van der Waals surface area contributed by atoms with Gasteiger partial charge < -0.3 is 10.5 Å². The van der Waals surface area contributed by atoms with E-state index in [9.17, 15) is 0 Å². The number of nitrogens with zero attached hydrogens (tertiary/aromatic N) is 2. The van der Waals surface area contributed by atoms with Crippen LogP contribution in [-0.4, -0.2) is 9.97 Å². The van der Waals surface area contributed by atoms with Crippen LogP contribution in [0, 0.1) is 13.8 Å². The van der Waals surface area contributed by atoms with Crippen LogP contribution in [0.25, 0.3) is 10.2 Å². The Kier molecular flexibility index (Phi) is 3.23. The number of hydrogen-bond donors (Lipinski definition) is 1. The van der Waals surface area contributed by atoms with Gasteiger partial charge in [-0.05, 0) is 48.6 Å². The molecular formula is C14H12ClN3OS. The third-order valence-electron chi connectivity index (χ3n) is 2.93. The van der Waals surface area contributed by atoms with Gasteiger partial charge in [-0.2, -0.15) is 4.98 Å². The summed E-state index contributed by atoms with van der Waals surface area (Å²) in [5.41, 5.74) is 7.63. The zero-order chi connectivity index (χ0) is 14.3. The molecule has 0 amide bonds. The van der Waals surface area contributed by atoms with Crippen molar-refractivity contribution in [3.05, 3.63) is 39.7 Å². The summed E-state index contributed by atoms with van der Waals surface area (Å²) in [6.07, 6.45) is 0. The van der Waals surface area contributed by atoms with Crippen LogP contribution in [0.1, 0.15) is 11.1 Å². The molecule has 2 N–H and O–H groups in total. The molecule has 0 bridgehead atoms. The normalized spacial score (nSPS) is 10.9. The molecule has 0 saturated carbocycles. The van der Waals surface area contributed by atoms with Crippen LogP contribution in [0.15, 0.2) is 23.6 Å². The maximum Gasteiger partial charge on any atom is 0.232 e. The Morgan fingerprint density at radius 1 is 1.20 bits per heavy atom. The van der Waals surface area contributed by atoms with Gasteiger partial charge in [0.2, 0.25) is 11.8 Å². The highest BCUT2D eigenvalue weighted by molar-refractivity contribution is 7.16. The van der Waals surface area contributed by atoms with Gasteiger partial charge >= 0.3 is 0 Å². The van der Waals surface area contributed by atoms with Gasteiger partial charge in [0.25, 0.3) is 0 Å². The number of nitrogen functional groups attached to an aromatic ring is 1. The van der Waals surface area contributed by atoms with Crippen molar-refractivity contribution in [3.8, 4) is 11.6 Å². The van der Waals surface area contributed by atoms with Crippen molar-refractivity contribution in [1.82, 2.24) is 9.97 Å². The Morgan fingerprint density at radius 2 is 1.90 bits per heavy atom. The number of thiophene rings is 1. The predicted octanol–water partition coefficient (Wildman–Crippen LogP) is 4.34. The minimum absolute atomic E-state index is 0.208. The fraction of sp³-hybridized carbons (Fsp3) is 0.143. The van der Waals surface area contributed by atoms with Gasteiger partial charge in [-0.25, -0.2) is 4.98 Å². The molecular weight excluding hydrogens is 294 g/mol. The second kappa shape index (κ2) is 4.92. The first-order valence-electron chi connectivity index (χ1n) is 6.00. The Hall–Kier alpha value is -1.85. The maximum absolute atomic E-state index is 6.03. The number of halogens is 1. The van der Waals surface area contributed by atoms with Crippen molar-refractivity contribution in [2.45, 2.75) is 13.8 Å². The fourth-order valence-corrected chi connectivity index (χ4v) is 3.17. The summed E-state index contributed by atoms with van der Waals surface area (Å²) in [6.45, 7) is 3.90. The topological polar surface area (TPSA) is 61.0 Å². The van der Waals surface area contributed by atoms with E-state index in [-0.39, 0.29) is 5.95 Å². The Morgan fingerprint density at radius 3 is 2.60 bits per heavy atom. The number of ether oxygens (including phenoxy) is 1. The number of anilines is 1. The van der Waals surface area contributed by atoms with Gasteiger partial charge in [0.1, 0.15) is 10.6 Å². The van der Waals surface area contributed by atoms with E-state index in [0.29, 0.717) is 10.9 Å². The minimum atomic E-state index is 0.208. The van der Waals surface area contributed by atoms with E-state index >= 15 is 0 Å². The van der Waals surface area contributed by atoms with Crippen LogP contribution >= 0.6 is 22.9 Å². The number of fused-ring (bicyclic) bond motifs is 1. The molecule has 2 aromatic heterocycles. The van der Waals surface area contributed by atoms with Gasteiger partial charge in [-0.3, -0.25) is 0 Å². The van der Waals surface area contributed by atoms with Crippen molar-refractivity contribution in [1.29, 1.82) is 0 Å². The van der Waals surface area contributed by atoms with Gasteiger partial charge in [-0.1, -0.05) is 11.6 Å². The lowest BCUT2D eigenvalue weighted by molar-refractivity contribution is 0.462. The van der Waals surface area contributed by atoms with Crippen molar-refractivity contribution >= 4 is 39.1 Å². The number of aromatic nitrogens is 2. The third kappa shape index (κ3) is 2.30. The zero-order valence-electron chi connectivity index (χ0n) is 11.0. The maximum atomic E-state index is 6.03. The first-order valence-corrected chi connectivity index (χ1v) is 7.25. The molecule has 0 aliphatic carbocycles. The number of rotatable bonds is 2. The average Bonchev–Trinajstić information content (AvgIpc) is 2.81. The summed E-state index contributed by atoms with van der Waals surface area (Å²) in [5, 5.41) is 3.49. The summed E-state index contributed by atoms with van der Waals surface area (Å²) in [4.78, 5) is 9.19. The number of aryl methyl sites for hydroxylation is 2. The highest BCUT2D eigenvalue weighted by Crippen LogP contribution is 2.35. The standard InChI is InChI=1S/C14H12ClN3OS/c1-7-5-9(15)6-8(2)11(7)19-12-10-3-4-20-13(10)18-14(16)17-12/h3-6H,1-2H3,(H2,16,17,18). The van der Waals surface area contributed by atoms with Crippen LogP contribution in [0.4, 0.5) is 5.95 Å². The van der Waals surface area contributed by atoms with Gasteiger partial charge in [0, 0.05) is 5.02 Å². The number of hydrogen-bond acceptors (Lipinski definition) is 5. The summed E-state index contributed by atoms with van der Waals surface area (Å²) in [6, 6.07) is 5.65. The lowest BCUT2D eigenvalue weighted by Crippen LogP contribution is -1.99. The highest BCUT2D eigenvalue weighted by atomic mass is 35.5. The summed E-state index contributed by atoms with van der Waals surface area (Å²) >= 11 is 7.53. The summed E-state index contributed by atoms with van der Waals surface area (Å²) < 4.78 is 5.96. The first kappa shape index (κ1) is 13.1. The lowest BCUT2D eigenvalue weighted by atomic mass is 10.1. The molecule has 6 heteroatoms. The fourth-order valence-electron chi connectivity index (χ4n) is 2.08. The molecule has 0 saturated heterocycles. The molecule has 0 aliphatic rings. The van der Waals surface area contributed by atoms with E-state index in [2.05, 4.69) is 9.97 Å². The monoisotopic (exact) mass is 305 g/mol. The lowest BCUT2D eigenvalue weighted by Gasteiger charge is -2.12. The average molecular weight is 306 g/mol. The van der Waals surface area contributed by atoms with E-state index in [1.54, 1.807) is 0 Å². The molecule has 0 spiro atoms. The van der Waals surface area contributed by atoms with Crippen LogP contribution in [0.2, 0.25) is 5.02 Å². The highest BCUT2D eigenvalue weighted by Gasteiger charge is 2.13. The molecule has 0 aliphatic heterocycles.